The number of fused-ring (bicyclic) bond motifs is 2. The van der Waals surface area contributed by atoms with Gasteiger partial charge in [-0.3, -0.25) is 9.78 Å². The Labute approximate surface area is 169 Å². The number of nitrogens with zero attached hydrogens (tertiary/aromatic N) is 5. The lowest BCUT2D eigenvalue weighted by atomic mass is 10.2. The van der Waals surface area contributed by atoms with Gasteiger partial charge in [0, 0.05) is 35.5 Å². The van der Waals surface area contributed by atoms with Crippen molar-refractivity contribution in [2.75, 3.05) is 7.11 Å². The fourth-order valence-corrected chi connectivity index (χ4v) is 3.14. The van der Waals surface area contributed by atoms with Crippen molar-refractivity contribution in [1.29, 1.82) is 0 Å². The lowest BCUT2D eigenvalue weighted by Gasteiger charge is -2.09. The molecule has 0 aliphatic heterocycles. The van der Waals surface area contributed by atoms with Gasteiger partial charge in [0.1, 0.15) is 18.1 Å². The van der Waals surface area contributed by atoms with Gasteiger partial charge in [0.2, 0.25) is 5.56 Å². The van der Waals surface area contributed by atoms with Crippen molar-refractivity contribution in [3.63, 3.8) is 0 Å². The number of ether oxygens (including phenoxy) is 2. The maximum Gasteiger partial charge on any atom is 0.247 e. The largest absolute Gasteiger partial charge is 0.497 e. The zero-order valence-corrected chi connectivity index (χ0v) is 15.9. The molecule has 9 heteroatoms. The monoisotopic (exact) mass is 400 g/mol. The fourth-order valence-electron chi connectivity index (χ4n) is 3.14. The van der Waals surface area contributed by atoms with Crippen LogP contribution in [0.2, 0.25) is 0 Å². The second kappa shape index (κ2) is 7.28. The highest BCUT2D eigenvalue weighted by atomic mass is 16.5. The zero-order chi connectivity index (χ0) is 20.5. The molecular formula is C21H16N6O3. The molecule has 1 aromatic carbocycles. The summed E-state index contributed by atoms with van der Waals surface area (Å²) in [5, 5.41) is 13.8. The van der Waals surface area contributed by atoms with E-state index in [-0.39, 0.29) is 12.2 Å². The van der Waals surface area contributed by atoms with Crippen LogP contribution in [0.3, 0.4) is 0 Å². The van der Waals surface area contributed by atoms with Crippen LogP contribution in [-0.2, 0) is 6.61 Å². The lowest BCUT2D eigenvalue weighted by molar-refractivity contribution is 0.296. The first-order valence-corrected chi connectivity index (χ1v) is 9.17. The Hall–Kier alpha value is -4.27. The molecule has 4 heterocycles. The summed E-state index contributed by atoms with van der Waals surface area (Å²) in [6.45, 7) is 0.175. The molecule has 1 N–H and O–H groups in total. The average Bonchev–Trinajstić information content (AvgIpc) is 3.20. The number of nitrogens with one attached hydrogen (secondary N) is 1. The van der Waals surface area contributed by atoms with Crippen molar-refractivity contribution in [2.24, 2.45) is 0 Å². The van der Waals surface area contributed by atoms with E-state index in [0.29, 0.717) is 22.9 Å². The van der Waals surface area contributed by atoms with Crippen LogP contribution < -0.4 is 15.0 Å². The minimum atomic E-state index is -0.166. The van der Waals surface area contributed by atoms with Crippen LogP contribution >= 0.6 is 0 Å². The molecule has 0 unspecified atom stereocenters. The smallest absolute Gasteiger partial charge is 0.247 e. The van der Waals surface area contributed by atoms with Crippen LogP contribution in [0.15, 0.2) is 65.7 Å². The molecule has 4 aromatic heterocycles. The predicted molar refractivity (Wildman–Crippen MR) is 109 cm³/mol. The number of methoxy groups -OCH3 is 1. The van der Waals surface area contributed by atoms with Gasteiger partial charge in [-0.05, 0) is 36.4 Å². The van der Waals surface area contributed by atoms with Crippen molar-refractivity contribution in [3.8, 4) is 22.8 Å². The topological polar surface area (TPSA) is 107 Å². The molecule has 5 aromatic rings. The molecule has 0 fully saturated rings. The van der Waals surface area contributed by atoms with Crippen molar-refractivity contribution in [3.05, 3.63) is 77.1 Å². The van der Waals surface area contributed by atoms with Gasteiger partial charge in [0.15, 0.2) is 11.5 Å². The summed E-state index contributed by atoms with van der Waals surface area (Å²) in [7, 11) is 1.62. The minimum absolute atomic E-state index is 0.166. The number of pyridine rings is 2. The van der Waals surface area contributed by atoms with Gasteiger partial charge >= 0.3 is 0 Å². The Morgan fingerprint density at radius 1 is 1.07 bits per heavy atom. The number of hydrogen-bond acceptors (Lipinski definition) is 7. The molecule has 0 aliphatic rings. The fraction of sp³-hybridized carbons (Fsp3) is 0.0952. The SMILES string of the molecule is COc1ccc2c(OCc3nnc4ccc(-c5ccc(=O)[nH]c5)nn34)ccnc2c1. The van der Waals surface area contributed by atoms with Crippen molar-refractivity contribution < 1.29 is 9.47 Å². The first-order valence-electron chi connectivity index (χ1n) is 9.17. The maximum absolute atomic E-state index is 11.3. The highest BCUT2D eigenvalue weighted by Gasteiger charge is 2.11. The van der Waals surface area contributed by atoms with E-state index in [1.54, 1.807) is 36.2 Å². The van der Waals surface area contributed by atoms with Crippen molar-refractivity contribution in [1.82, 2.24) is 29.8 Å². The standard InChI is InChI=1S/C21H16N6O3/c1-29-14-3-4-15-17(10-14)22-9-8-18(15)30-12-20-25-24-19-6-5-16(26-27(19)20)13-2-7-21(28)23-11-13/h2-11H,12H2,1H3,(H,23,28). The molecule has 0 saturated carbocycles. The van der Waals surface area contributed by atoms with Gasteiger partial charge in [-0.2, -0.15) is 9.61 Å². The summed E-state index contributed by atoms with van der Waals surface area (Å²) in [6, 6.07) is 14.2. The van der Waals surface area contributed by atoms with E-state index >= 15 is 0 Å². The molecule has 30 heavy (non-hydrogen) atoms. The molecular weight excluding hydrogens is 384 g/mol. The van der Waals surface area contributed by atoms with Gasteiger partial charge in [-0.1, -0.05) is 0 Å². The summed E-state index contributed by atoms with van der Waals surface area (Å²) < 4.78 is 12.9. The third-order valence-corrected chi connectivity index (χ3v) is 4.67. The number of rotatable bonds is 5. The number of hydrogen-bond donors (Lipinski definition) is 1. The third-order valence-electron chi connectivity index (χ3n) is 4.67. The molecule has 148 valence electrons. The van der Waals surface area contributed by atoms with Crippen LogP contribution in [0.25, 0.3) is 27.8 Å². The molecule has 0 bridgehead atoms. The molecule has 0 aliphatic carbocycles. The molecule has 9 nitrogen and oxygen atoms in total. The summed E-state index contributed by atoms with van der Waals surface area (Å²) in [5.74, 6) is 1.96. The highest BCUT2D eigenvalue weighted by Crippen LogP contribution is 2.27. The van der Waals surface area contributed by atoms with Crippen LogP contribution in [0.4, 0.5) is 0 Å². The molecule has 0 radical (unpaired) electrons. The quantitative estimate of drug-likeness (QED) is 0.483. The summed E-state index contributed by atoms with van der Waals surface area (Å²) in [4.78, 5) is 18.3. The van der Waals surface area contributed by atoms with E-state index in [4.69, 9.17) is 9.47 Å². The lowest BCUT2D eigenvalue weighted by Crippen LogP contribution is -2.06. The predicted octanol–water partition coefficient (Wildman–Crippen LogP) is 2.62. The van der Waals surface area contributed by atoms with Crippen LogP contribution in [0.5, 0.6) is 11.5 Å². The van der Waals surface area contributed by atoms with E-state index in [9.17, 15) is 4.79 Å². The van der Waals surface area contributed by atoms with E-state index in [1.165, 1.54) is 6.07 Å². The summed E-state index contributed by atoms with van der Waals surface area (Å²) >= 11 is 0. The first kappa shape index (κ1) is 17.8. The van der Waals surface area contributed by atoms with Gasteiger partial charge in [-0.15, -0.1) is 10.2 Å². The van der Waals surface area contributed by atoms with E-state index < -0.39 is 0 Å². The number of aromatic nitrogens is 6. The Morgan fingerprint density at radius 3 is 2.83 bits per heavy atom. The number of aromatic amines is 1. The van der Waals surface area contributed by atoms with Crippen LogP contribution in [0, 0.1) is 0 Å². The van der Waals surface area contributed by atoms with Crippen LogP contribution in [-0.4, -0.2) is 36.9 Å². The second-order valence-electron chi connectivity index (χ2n) is 6.53. The highest BCUT2D eigenvalue weighted by molar-refractivity contribution is 5.85. The Morgan fingerprint density at radius 2 is 2.00 bits per heavy atom. The van der Waals surface area contributed by atoms with E-state index in [2.05, 4.69) is 25.3 Å². The molecule has 0 spiro atoms. The van der Waals surface area contributed by atoms with Crippen molar-refractivity contribution >= 4 is 16.6 Å². The average molecular weight is 400 g/mol. The van der Waals surface area contributed by atoms with E-state index in [0.717, 1.165) is 22.2 Å². The number of benzene rings is 1. The van der Waals surface area contributed by atoms with Gasteiger partial charge < -0.3 is 14.5 Å². The molecule has 0 amide bonds. The van der Waals surface area contributed by atoms with Gasteiger partial charge in [-0.25, -0.2) is 0 Å². The van der Waals surface area contributed by atoms with Crippen molar-refractivity contribution in [2.45, 2.75) is 6.61 Å². The Kier molecular flexibility index (Phi) is 4.32. The Balaban J connectivity index is 1.46. The molecule has 5 rings (SSSR count). The van der Waals surface area contributed by atoms with E-state index in [1.807, 2.05) is 30.3 Å². The first-order chi connectivity index (χ1) is 14.7. The van der Waals surface area contributed by atoms with Gasteiger partial charge in [0.25, 0.3) is 0 Å². The van der Waals surface area contributed by atoms with Gasteiger partial charge in [0.05, 0.1) is 18.3 Å². The second-order valence-corrected chi connectivity index (χ2v) is 6.53. The zero-order valence-electron chi connectivity index (χ0n) is 15.9. The maximum atomic E-state index is 11.3. The molecule has 0 saturated heterocycles. The number of H-pyrrole nitrogens is 1. The summed E-state index contributed by atoms with van der Waals surface area (Å²) in [6.07, 6.45) is 3.31. The molecule has 0 atom stereocenters. The Bertz CT molecular complexity index is 1410. The third kappa shape index (κ3) is 3.22. The normalized spacial score (nSPS) is 11.1. The van der Waals surface area contributed by atoms with Crippen LogP contribution in [0.1, 0.15) is 5.82 Å². The minimum Gasteiger partial charge on any atom is -0.497 e. The summed E-state index contributed by atoms with van der Waals surface area (Å²) in [5.41, 5.74) is 2.68.